The van der Waals surface area contributed by atoms with E-state index in [2.05, 4.69) is 23.3 Å². The lowest BCUT2D eigenvalue weighted by Gasteiger charge is -2.58. The second-order valence-electron chi connectivity index (χ2n) is 9.71. The molecule has 1 saturated heterocycles. The molecule has 1 saturated carbocycles. The van der Waals surface area contributed by atoms with E-state index in [0.29, 0.717) is 36.5 Å². The number of hydrogen-bond acceptors (Lipinski definition) is 8. The summed E-state index contributed by atoms with van der Waals surface area (Å²) >= 11 is 0. The quantitative estimate of drug-likeness (QED) is 0.497. The van der Waals surface area contributed by atoms with Crippen LogP contribution in [0.3, 0.4) is 0 Å². The number of piperidine rings is 1. The second-order valence-corrected chi connectivity index (χ2v) is 9.71. The van der Waals surface area contributed by atoms with Gasteiger partial charge in [0.1, 0.15) is 12.2 Å². The van der Waals surface area contributed by atoms with Crippen molar-refractivity contribution in [1.82, 2.24) is 10.2 Å². The smallest absolute Gasteiger partial charge is 0.407 e. The summed E-state index contributed by atoms with van der Waals surface area (Å²) in [6.07, 6.45) is 2.18. The van der Waals surface area contributed by atoms with E-state index in [-0.39, 0.29) is 30.5 Å². The molecular weight excluding hydrogens is 440 g/mol. The predicted octanol–water partition coefficient (Wildman–Crippen LogP) is 2.33. The number of hydrogen-bond donors (Lipinski definition) is 1. The van der Waals surface area contributed by atoms with E-state index in [1.807, 2.05) is 6.07 Å². The van der Waals surface area contributed by atoms with Crippen molar-refractivity contribution in [2.45, 2.75) is 69.6 Å². The van der Waals surface area contributed by atoms with Crippen molar-refractivity contribution in [3.8, 4) is 11.5 Å². The van der Waals surface area contributed by atoms with Crippen LogP contribution in [-0.2, 0) is 30.9 Å². The second kappa shape index (κ2) is 8.76. The zero-order valence-corrected chi connectivity index (χ0v) is 19.9. The lowest BCUT2D eigenvalue weighted by Crippen LogP contribution is -2.66. The third kappa shape index (κ3) is 3.61. The number of carbonyl (C=O) groups is 3. The van der Waals surface area contributed by atoms with Crippen LogP contribution in [0.25, 0.3) is 0 Å². The lowest BCUT2D eigenvalue weighted by molar-refractivity contribution is -0.143. The van der Waals surface area contributed by atoms with Crippen molar-refractivity contribution >= 4 is 18.0 Å². The topological polar surface area (TPSA) is 103 Å². The van der Waals surface area contributed by atoms with Gasteiger partial charge in [0.05, 0.1) is 13.0 Å². The molecule has 9 nitrogen and oxygen atoms in total. The van der Waals surface area contributed by atoms with E-state index < -0.39 is 18.2 Å². The summed E-state index contributed by atoms with van der Waals surface area (Å²) < 4.78 is 22.8. The van der Waals surface area contributed by atoms with Gasteiger partial charge in [0.2, 0.25) is 0 Å². The van der Waals surface area contributed by atoms with Gasteiger partial charge >= 0.3 is 18.0 Å². The van der Waals surface area contributed by atoms with Crippen LogP contribution < -0.4 is 14.8 Å². The highest BCUT2D eigenvalue weighted by molar-refractivity contribution is 5.73. The number of nitrogens with zero attached hydrogens (tertiary/aromatic N) is 1. The van der Waals surface area contributed by atoms with Gasteiger partial charge in [-0.3, -0.25) is 9.59 Å². The molecule has 2 fully saturated rings. The fourth-order valence-electron chi connectivity index (χ4n) is 6.71. The summed E-state index contributed by atoms with van der Waals surface area (Å²) in [5.74, 6) is 0.688. The Morgan fingerprint density at radius 2 is 2.09 bits per heavy atom. The molecule has 0 radical (unpaired) electrons. The zero-order chi connectivity index (χ0) is 24.0. The number of likely N-dealkylation sites (tertiary alicyclic amines) is 1. The Kier molecular flexibility index (Phi) is 5.91. The van der Waals surface area contributed by atoms with Crippen molar-refractivity contribution in [3.63, 3.8) is 0 Å². The summed E-state index contributed by atoms with van der Waals surface area (Å²) in [6.45, 7) is 4.51. The predicted molar refractivity (Wildman–Crippen MR) is 121 cm³/mol. The number of amides is 1. The first kappa shape index (κ1) is 23.0. The molecule has 1 amide bonds. The van der Waals surface area contributed by atoms with Crippen LogP contribution in [0.2, 0.25) is 0 Å². The molecule has 184 valence electrons. The first-order chi connectivity index (χ1) is 16.3. The van der Waals surface area contributed by atoms with Crippen molar-refractivity contribution in [2.75, 3.05) is 26.7 Å². The van der Waals surface area contributed by atoms with Crippen LogP contribution in [0.5, 0.6) is 11.5 Å². The minimum absolute atomic E-state index is 0.0914. The normalized spacial score (nSPS) is 30.6. The molecule has 34 heavy (non-hydrogen) atoms. The molecular formula is C25H32N2O7. The Bertz CT molecular complexity index is 1010. The SMILES string of the molecule is CCOC(=O)CCNC(=O)O[C@H]1CC[C@H]2[C@H]3Cc4ccc(OC(C)=O)c5c4[C@@]2(CCN3C)[C@H]1O5. The standard InChI is InChI=1S/C25H32N2O7/c1-4-31-20(29)9-11-26-24(30)33-19-8-6-16-17-13-15-5-7-18(32-14(2)28)22-21(15)25(16,23(19)34-22)10-12-27(17)3/h5,7,16-17,19,23H,4,6,8-13H2,1-3H3,(H,26,30)/t16-,17+,19-,23-,25-/m0/s1. The fraction of sp³-hybridized carbons (Fsp3) is 0.640. The molecule has 0 unspecified atom stereocenters. The summed E-state index contributed by atoms with van der Waals surface area (Å²) in [5, 5.41) is 2.66. The molecule has 1 aromatic rings. The van der Waals surface area contributed by atoms with Crippen molar-refractivity contribution in [1.29, 1.82) is 0 Å². The molecule has 4 aliphatic rings. The number of ether oxygens (including phenoxy) is 4. The molecule has 5 rings (SSSR count). The molecule has 2 aliphatic carbocycles. The number of carbonyl (C=O) groups excluding carboxylic acids is 3. The highest BCUT2D eigenvalue weighted by atomic mass is 16.6. The number of alkyl carbamates (subject to hydrolysis) is 1. The Labute approximate surface area is 199 Å². The van der Waals surface area contributed by atoms with E-state index in [4.69, 9.17) is 18.9 Å². The van der Waals surface area contributed by atoms with Crippen molar-refractivity contribution in [3.05, 3.63) is 23.3 Å². The van der Waals surface area contributed by atoms with Crippen LogP contribution in [0.15, 0.2) is 12.1 Å². The van der Waals surface area contributed by atoms with Crippen LogP contribution in [0, 0.1) is 5.92 Å². The van der Waals surface area contributed by atoms with Gasteiger partial charge in [-0.25, -0.2) is 4.79 Å². The summed E-state index contributed by atoms with van der Waals surface area (Å²) in [4.78, 5) is 38.3. The van der Waals surface area contributed by atoms with Crippen LogP contribution in [0.1, 0.15) is 50.7 Å². The first-order valence-corrected chi connectivity index (χ1v) is 12.2. The molecule has 1 aromatic carbocycles. The first-order valence-electron chi connectivity index (χ1n) is 12.2. The summed E-state index contributed by atoms with van der Waals surface area (Å²) in [7, 11) is 2.18. The molecule has 2 aliphatic heterocycles. The third-order valence-corrected chi connectivity index (χ3v) is 7.94. The highest BCUT2D eigenvalue weighted by Crippen LogP contribution is 2.64. The van der Waals surface area contributed by atoms with Crippen molar-refractivity contribution < 1.29 is 33.3 Å². The van der Waals surface area contributed by atoms with E-state index in [0.717, 1.165) is 31.4 Å². The van der Waals surface area contributed by atoms with E-state index in [1.165, 1.54) is 12.5 Å². The minimum Gasteiger partial charge on any atom is -0.481 e. The molecule has 2 bridgehead atoms. The molecule has 5 atom stereocenters. The van der Waals surface area contributed by atoms with Gasteiger partial charge in [-0.05, 0) is 63.7 Å². The van der Waals surface area contributed by atoms with Gasteiger partial charge < -0.3 is 29.2 Å². The zero-order valence-electron chi connectivity index (χ0n) is 19.9. The fourth-order valence-corrected chi connectivity index (χ4v) is 6.71. The van der Waals surface area contributed by atoms with E-state index in [9.17, 15) is 14.4 Å². The number of benzene rings is 1. The largest absolute Gasteiger partial charge is 0.481 e. The summed E-state index contributed by atoms with van der Waals surface area (Å²) in [5.41, 5.74) is 2.09. The third-order valence-electron chi connectivity index (χ3n) is 7.94. The van der Waals surface area contributed by atoms with Crippen LogP contribution in [0.4, 0.5) is 4.79 Å². The molecule has 2 heterocycles. The Hall–Kier alpha value is -2.81. The summed E-state index contributed by atoms with van der Waals surface area (Å²) in [6, 6.07) is 4.27. The van der Waals surface area contributed by atoms with Gasteiger partial charge in [-0.2, -0.15) is 0 Å². The van der Waals surface area contributed by atoms with Gasteiger partial charge in [-0.15, -0.1) is 0 Å². The van der Waals surface area contributed by atoms with Crippen LogP contribution in [-0.4, -0.2) is 67.9 Å². The number of esters is 2. The number of nitrogens with one attached hydrogen (secondary N) is 1. The maximum Gasteiger partial charge on any atom is 0.407 e. The van der Waals surface area contributed by atoms with Gasteiger partial charge in [0, 0.05) is 30.5 Å². The Balaban J connectivity index is 1.41. The molecule has 1 N–H and O–H groups in total. The Morgan fingerprint density at radius 1 is 1.26 bits per heavy atom. The average molecular weight is 473 g/mol. The van der Waals surface area contributed by atoms with Gasteiger partial charge in [0.15, 0.2) is 11.5 Å². The lowest BCUT2D eigenvalue weighted by atomic mass is 9.51. The average Bonchev–Trinajstić information content (AvgIpc) is 3.14. The molecule has 9 heteroatoms. The molecule has 1 spiro atoms. The van der Waals surface area contributed by atoms with E-state index in [1.54, 1.807) is 6.92 Å². The van der Waals surface area contributed by atoms with Crippen LogP contribution >= 0.6 is 0 Å². The molecule has 0 aromatic heterocycles. The number of likely N-dealkylation sites (N-methyl/N-ethyl adjacent to an activating group) is 1. The van der Waals surface area contributed by atoms with E-state index >= 15 is 0 Å². The monoisotopic (exact) mass is 472 g/mol. The minimum atomic E-state index is -0.565. The Morgan fingerprint density at radius 3 is 2.85 bits per heavy atom. The van der Waals surface area contributed by atoms with Gasteiger partial charge in [0.25, 0.3) is 0 Å². The highest BCUT2D eigenvalue weighted by Gasteiger charge is 2.66. The maximum atomic E-state index is 12.6. The maximum absolute atomic E-state index is 12.6. The van der Waals surface area contributed by atoms with Crippen molar-refractivity contribution in [2.24, 2.45) is 5.92 Å². The number of rotatable bonds is 6. The van der Waals surface area contributed by atoms with Gasteiger partial charge in [-0.1, -0.05) is 6.07 Å².